The highest BCUT2D eigenvalue weighted by Gasteiger charge is 2.06. The van der Waals surface area contributed by atoms with Gasteiger partial charge in [0.2, 0.25) is 0 Å². The maximum absolute atomic E-state index is 5.84. The molecule has 0 bridgehead atoms. The van der Waals surface area contributed by atoms with Gasteiger partial charge in [-0.15, -0.1) is 0 Å². The van der Waals surface area contributed by atoms with Gasteiger partial charge in [-0.2, -0.15) is 0 Å². The Morgan fingerprint density at radius 1 is 1.62 bits per heavy atom. The van der Waals surface area contributed by atoms with E-state index in [0.717, 1.165) is 11.6 Å². The van der Waals surface area contributed by atoms with Gasteiger partial charge in [0, 0.05) is 7.05 Å². The molecule has 0 amide bonds. The highest BCUT2D eigenvalue weighted by atomic mass is 35.5. The van der Waals surface area contributed by atoms with Gasteiger partial charge >= 0.3 is 0 Å². The van der Waals surface area contributed by atoms with E-state index in [1.54, 1.807) is 12.5 Å². The van der Waals surface area contributed by atoms with Crippen molar-refractivity contribution >= 4 is 11.6 Å². The highest BCUT2D eigenvalue weighted by Crippen LogP contribution is 2.13. The molecule has 2 rings (SSSR count). The van der Waals surface area contributed by atoms with Crippen molar-refractivity contribution in [2.45, 2.75) is 6.42 Å². The molecule has 0 radical (unpaired) electrons. The smallest absolute Gasteiger partial charge is 0.128 e. The number of aromatic nitrogens is 2. The SMILES string of the molecule is Cn1c(Cl)cnc1Cc1ccco1. The summed E-state index contributed by atoms with van der Waals surface area (Å²) >= 11 is 5.84. The predicted molar refractivity (Wildman–Crippen MR) is 49.7 cm³/mol. The summed E-state index contributed by atoms with van der Waals surface area (Å²) in [5.41, 5.74) is 0. The van der Waals surface area contributed by atoms with Crippen molar-refractivity contribution in [2.24, 2.45) is 7.05 Å². The minimum atomic E-state index is 0.640. The Balaban J connectivity index is 2.24. The van der Waals surface area contributed by atoms with E-state index in [1.165, 1.54) is 0 Å². The quantitative estimate of drug-likeness (QED) is 0.738. The van der Waals surface area contributed by atoms with Crippen LogP contribution in [0.2, 0.25) is 5.15 Å². The molecule has 3 nitrogen and oxygen atoms in total. The molecule has 2 aromatic rings. The van der Waals surface area contributed by atoms with Gasteiger partial charge in [-0.1, -0.05) is 11.6 Å². The first-order valence-electron chi connectivity index (χ1n) is 3.96. The van der Waals surface area contributed by atoms with Gasteiger partial charge in [-0.25, -0.2) is 4.98 Å². The number of hydrogen-bond donors (Lipinski definition) is 0. The molecule has 68 valence electrons. The fourth-order valence-corrected chi connectivity index (χ4v) is 1.30. The van der Waals surface area contributed by atoms with Crippen LogP contribution >= 0.6 is 11.6 Å². The summed E-state index contributed by atoms with van der Waals surface area (Å²) in [5.74, 6) is 1.80. The minimum absolute atomic E-state index is 0.640. The molecule has 0 saturated carbocycles. The highest BCUT2D eigenvalue weighted by molar-refractivity contribution is 6.29. The van der Waals surface area contributed by atoms with Gasteiger partial charge in [-0.05, 0) is 12.1 Å². The Morgan fingerprint density at radius 2 is 2.46 bits per heavy atom. The van der Waals surface area contributed by atoms with Crippen molar-refractivity contribution in [1.82, 2.24) is 9.55 Å². The Kier molecular flexibility index (Phi) is 2.10. The molecule has 0 fully saturated rings. The molecule has 4 heteroatoms. The summed E-state index contributed by atoms with van der Waals surface area (Å²) in [5, 5.41) is 0.640. The second-order valence-corrected chi connectivity index (χ2v) is 3.20. The minimum Gasteiger partial charge on any atom is -0.469 e. The fraction of sp³-hybridized carbons (Fsp3) is 0.222. The summed E-state index contributed by atoms with van der Waals surface area (Å²) in [6, 6.07) is 3.78. The number of rotatable bonds is 2. The van der Waals surface area contributed by atoms with Gasteiger partial charge in [-0.3, -0.25) is 0 Å². The van der Waals surface area contributed by atoms with Crippen LogP contribution in [0.1, 0.15) is 11.6 Å². The van der Waals surface area contributed by atoms with Gasteiger partial charge in [0.15, 0.2) is 0 Å². The third kappa shape index (κ3) is 1.60. The molecular weight excluding hydrogens is 188 g/mol. The van der Waals surface area contributed by atoms with E-state index in [9.17, 15) is 0 Å². The lowest BCUT2D eigenvalue weighted by Crippen LogP contribution is -1.98. The number of hydrogen-bond acceptors (Lipinski definition) is 2. The predicted octanol–water partition coefficient (Wildman–Crippen LogP) is 2.26. The van der Waals surface area contributed by atoms with E-state index < -0.39 is 0 Å². The van der Waals surface area contributed by atoms with Gasteiger partial charge in [0.25, 0.3) is 0 Å². The van der Waals surface area contributed by atoms with E-state index in [1.807, 2.05) is 23.7 Å². The van der Waals surface area contributed by atoms with Crippen molar-refractivity contribution in [2.75, 3.05) is 0 Å². The average molecular weight is 197 g/mol. The first kappa shape index (κ1) is 8.38. The standard InChI is InChI=1S/C9H9ClN2O/c1-12-8(10)6-11-9(12)5-7-3-2-4-13-7/h2-4,6H,5H2,1H3. The van der Waals surface area contributed by atoms with Crippen LogP contribution in [0.4, 0.5) is 0 Å². The fourth-order valence-electron chi connectivity index (χ4n) is 1.16. The Labute approximate surface area is 81.0 Å². The Morgan fingerprint density at radius 3 is 3.00 bits per heavy atom. The first-order chi connectivity index (χ1) is 6.27. The Bertz CT molecular complexity index is 392. The number of nitrogens with zero attached hydrogens (tertiary/aromatic N) is 2. The second-order valence-electron chi connectivity index (χ2n) is 2.81. The van der Waals surface area contributed by atoms with E-state index in [0.29, 0.717) is 11.6 Å². The van der Waals surface area contributed by atoms with Crippen LogP contribution < -0.4 is 0 Å². The molecule has 0 aliphatic rings. The molecule has 0 aromatic carbocycles. The number of furan rings is 1. The van der Waals surface area contributed by atoms with Crippen molar-refractivity contribution in [3.8, 4) is 0 Å². The van der Waals surface area contributed by atoms with E-state index in [-0.39, 0.29) is 0 Å². The molecule has 13 heavy (non-hydrogen) atoms. The zero-order valence-electron chi connectivity index (χ0n) is 7.20. The summed E-state index contributed by atoms with van der Waals surface area (Å²) in [6.45, 7) is 0. The summed E-state index contributed by atoms with van der Waals surface area (Å²) in [7, 11) is 1.88. The molecule has 2 heterocycles. The van der Waals surface area contributed by atoms with Crippen LogP contribution in [0, 0.1) is 0 Å². The molecule has 0 unspecified atom stereocenters. The maximum Gasteiger partial charge on any atom is 0.128 e. The zero-order chi connectivity index (χ0) is 9.26. The van der Waals surface area contributed by atoms with Crippen LogP contribution in [0.15, 0.2) is 29.0 Å². The van der Waals surface area contributed by atoms with Gasteiger partial charge in [0.05, 0.1) is 18.9 Å². The van der Waals surface area contributed by atoms with E-state index >= 15 is 0 Å². The topological polar surface area (TPSA) is 31.0 Å². The molecular formula is C9H9ClN2O. The maximum atomic E-state index is 5.84. The summed E-state index contributed by atoms with van der Waals surface area (Å²) < 4.78 is 7.04. The lowest BCUT2D eigenvalue weighted by Gasteiger charge is -1.99. The van der Waals surface area contributed by atoms with E-state index in [2.05, 4.69) is 4.98 Å². The first-order valence-corrected chi connectivity index (χ1v) is 4.33. The van der Waals surface area contributed by atoms with Crippen molar-refractivity contribution in [3.63, 3.8) is 0 Å². The molecule has 0 atom stereocenters. The van der Waals surface area contributed by atoms with Crippen LogP contribution in [-0.4, -0.2) is 9.55 Å². The molecule has 0 saturated heterocycles. The normalized spacial score (nSPS) is 10.6. The Hall–Kier alpha value is -1.22. The molecule has 0 spiro atoms. The second kappa shape index (κ2) is 3.26. The van der Waals surface area contributed by atoms with Crippen molar-refractivity contribution in [3.05, 3.63) is 41.3 Å². The number of halogens is 1. The van der Waals surface area contributed by atoms with E-state index in [4.69, 9.17) is 16.0 Å². The van der Waals surface area contributed by atoms with Crippen LogP contribution in [0.5, 0.6) is 0 Å². The van der Waals surface area contributed by atoms with Gasteiger partial charge in [0.1, 0.15) is 16.7 Å². The average Bonchev–Trinajstić information content (AvgIpc) is 2.71. The zero-order valence-corrected chi connectivity index (χ0v) is 7.95. The lowest BCUT2D eigenvalue weighted by atomic mass is 10.3. The van der Waals surface area contributed by atoms with Crippen LogP contribution in [-0.2, 0) is 13.5 Å². The molecule has 0 aliphatic heterocycles. The lowest BCUT2D eigenvalue weighted by molar-refractivity contribution is 0.514. The molecule has 0 aliphatic carbocycles. The van der Waals surface area contributed by atoms with Gasteiger partial charge < -0.3 is 8.98 Å². The summed E-state index contributed by atoms with van der Waals surface area (Å²) in [6.07, 6.45) is 3.97. The molecule has 0 N–H and O–H groups in total. The largest absolute Gasteiger partial charge is 0.469 e. The molecule has 2 aromatic heterocycles. The van der Waals surface area contributed by atoms with Crippen molar-refractivity contribution < 1.29 is 4.42 Å². The third-order valence-electron chi connectivity index (χ3n) is 1.94. The van der Waals surface area contributed by atoms with Crippen LogP contribution in [0.3, 0.4) is 0 Å². The monoisotopic (exact) mass is 196 g/mol. The van der Waals surface area contributed by atoms with Crippen molar-refractivity contribution in [1.29, 1.82) is 0 Å². The summed E-state index contributed by atoms with van der Waals surface area (Å²) in [4.78, 5) is 4.16. The van der Waals surface area contributed by atoms with Crippen LogP contribution in [0.25, 0.3) is 0 Å². The third-order valence-corrected chi connectivity index (χ3v) is 2.29. The number of imidazole rings is 1.